The molecule has 116 valence electrons. The topological polar surface area (TPSA) is 72.0 Å². The Kier molecular flexibility index (Phi) is 4.70. The molecule has 3 heterocycles. The molecule has 0 amide bonds. The summed E-state index contributed by atoms with van der Waals surface area (Å²) in [5, 5.41) is 7.09. The molecule has 0 unspecified atom stereocenters. The molecule has 0 saturated carbocycles. The first-order valence-electron chi connectivity index (χ1n) is 7.29. The van der Waals surface area contributed by atoms with Crippen LogP contribution in [0.25, 0.3) is 0 Å². The predicted molar refractivity (Wildman–Crippen MR) is 85.8 cm³/mol. The smallest absolute Gasteiger partial charge is 0.218 e. The van der Waals surface area contributed by atoms with Crippen LogP contribution in [-0.2, 0) is 0 Å². The summed E-state index contributed by atoms with van der Waals surface area (Å²) in [5.41, 5.74) is 0.951. The summed E-state index contributed by atoms with van der Waals surface area (Å²) in [6.07, 6.45) is 5.28. The van der Waals surface area contributed by atoms with E-state index in [1.807, 2.05) is 13.0 Å². The van der Waals surface area contributed by atoms with Crippen molar-refractivity contribution in [3.8, 4) is 5.88 Å². The number of hydrogen-bond acceptors (Lipinski definition) is 6. The highest BCUT2D eigenvalue weighted by atomic mass is 35.5. The zero-order valence-corrected chi connectivity index (χ0v) is 13.1. The zero-order valence-electron chi connectivity index (χ0n) is 12.3. The maximum Gasteiger partial charge on any atom is 0.218 e. The molecule has 7 heteroatoms. The van der Waals surface area contributed by atoms with Gasteiger partial charge in [-0.15, -0.1) is 0 Å². The summed E-state index contributed by atoms with van der Waals surface area (Å²) in [6, 6.07) is 3.64. The molecule has 0 aromatic carbocycles. The highest BCUT2D eigenvalue weighted by molar-refractivity contribution is 6.30. The summed E-state index contributed by atoms with van der Waals surface area (Å²) in [6.45, 7) is 3.90. The minimum atomic E-state index is 0.208. The van der Waals surface area contributed by atoms with Crippen LogP contribution in [0.2, 0.25) is 5.02 Å². The molecule has 2 aromatic heterocycles. The SMILES string of the molecule is Cc1cc(Cl)cnc1Nc1cc(OC2CCNCC2)ncn1. The van der Waals surface area contributed by atoms with Gasteiger partial charge < -0.3 is 15.4 Å². The third kappa shape index (κ3) is 3.84. The molecule has 1 aliphatic heterocycles. The van der Waals surface area contributed by atoms with E-state index in [0.717, 1.165) is 37.3 Å². The lowest BCUT2D eigenvalue weighted by molar-refractivity contribution is 0.156. The third-order valence-corrected chi connectivity index (χ3v) is 3.71. The lowest BCUT2D eigenvalue weighted by Crippen LogP contribution is -2.34. The van der Waals surface area contributed by atoms with Gasteiger partial charge in [0, 0.05) is 12.3 Å². The van der Waals surface area contributed by atoms with Crippen molar-refractivity contribution in [2.24, 2.45) is 0 Å². The Balaban J connectivity index is 1.70. The molecule has 1 aliphatic rings. The molecule has 3 rings (SSSR count). The fraction of sp³-hybridized carbons (Fsp3) is 0.400. The fourth-order valence-electron chi connectivity index (χ4n) is 2.35. The molecule has 1 saturated heterocycles. The van der Waals surface area contributed by atoms with E-state index in [0.29, 0.717) is 16.7 Å². The maximum atomic E-state index is 5.91. The average molecular weight is 320 g/mol. The second kappa shape index (κ2) is 6.89. The standard InChI is InChI=1S/C15H18ClN5O/c1-10-6-11(16)8-18-15(10)21-13-7-14(20-9-19-13)22-12-2-4-17-5-3-12/h6-9,12,17H,2-5H2,1H3,(H,18,19,20,21). The van der Waals surface area contributed by atoms with Gasteiger partial charge in [-0.05, 0) is 44.5 Å². The van der Waals surface area contributed by atoms with Crippen LogP contribution < -0.4 is 15.4 Å². The van der Waals surface area contributed by atoms with E-state index in [2.05, 4.69) is 25.6 Å². The van der Waals surface area contributed by atoms with E-state index in [-0.39, 0.29) is 6.10 Å². The number of anilines is 2. The van der Waals surface area contributed by atoms with Gasteiger partial charge in [-0.1, -0.05) is 11.6 Å². The number of piperidine rings is 1. The average Bonchev–Trinajstić information content (AvgIpc) is 2.52. The second-order valence-corrected chi connectivity index (χ2v) is 5.69. The Morgan fingerprint density at radius 3 is 2.82 bits per heavy atom. The molecule has 0 radical (unpaired) electrons. The first-order valence-corrected chi connectivity index (χ1v) is 7.67. The molecule has 2 N–H and O–H groups in total. The van der Waals surface area contributed by atoms with Gasteiger partial charge in [-0.3, -0.25) is 0 Å². The van der Waals surface area contributed by atoms with Crippen molar-refractivity contribution in [3.63, 3.8) is 0 Å². The Morgan fingerprint density at radius 2 is 2.05 bits per heavy atom. The van der Waals surface area contributed by atoms with E-state index in [1.54, 1.807) is 12.3 Å². The van der Waals surface area contributed by atoms with E-state index < -0.39 is 0 Å². The summed E-state index contributed by atoms with van der Waals surface area (Å²) >= 11 is 5.91. The van der Waals surface area contributed by atoms with Crippen LogP contribution in [0, 0.1) is 6.92 Å². The summed E-state index contributed by atoms with van der Waals surface area (Å²) < 4.78 is 5.91. The molecule has 6 nitrogen and oxygen atoms in total. The molecule has 1 fully saturated rings. The zero-order chi connectivity index (χ0) is 15.4. The molecular formula is C15H18ClN5O. The maximum absolute atomic E-state index is 5.91. The number of nitrogens with zero attached hydrogens (tertiary/aromatic N) is 3. The van der Waals surface area contributed by atoms with Crippen LogP contribution in [0.15, 0.2) is 24.7 Å². The van der Waals surface area contributed by atoms with Crippen molar-refractivity contribution in [1.29, 1.82) is 0 Å². The van der Waals surface area contributed by atoms with Crippen LogP contribution in [0.1, 0.15) is 18.4 Å². The Morgan fingerprint density at radius 1 is 1.23 bits per heavy atom. The number of halogens is 1. The number of aromatic nitrogens is 3. The molecule has 22 heavy (non-hydrogen) atoms. The van der Waals surface area contributed by atoms with Gasteiger partial charge in [0.25, 0.3) is 0 Å². The summed E-state index contributed by atoms with van der Waals surface area (Å²) in [4.78, 5) is 12.6. The largest absolute Gasteiger partial charge is 0.474 e. The summed E-state index contributed by atoms with van der Waals surface area (Å²) in [5.74, 6) is 1.95. The number of nitrogens with one attached hydrogen (secondary N) is 2. The number of hydrogen-bond donors (Lipinski definition) is 2. The Labute approximate surface area is 134 Å². The van der Waals surface area contributed by atoms with Crippen LogP contribution in [0.3, 0.4) is 0 Å². The number of pyridine rings is 1. The normalized spacial score (nSPS) is 15.5. The quantitative estimate of drug-likeness (QED) is 0.903. The number of rotatable bonds is 4. The Bertz CT molecular complexity index is 646. The first kappa shape index (κ1) is 15.0. The highest BCUT2D eigenvalue weighted by Gasteiger charge is 2.15. The molecule has 0 atom stereocenters. The van der Waals surface area contributed by atoms with E-state index >= 15 is 0 Å². The third-order valence-electron chi connectivity index (χ3n) is 3.51. The van der Waals surface area contributed by atoms with Crippen LogP contribution in [0.4, 0.5) is 11.6 Å². The first-order chi connectivity index (χ1) is 10.7. The molecule has 2 aromatic rings. The van der Waals surface area contributed by atoms with Crippen molar-refractivity contribution < 1.29 is 4.74 Å². The van der Waals surface area contributed by atoms with Gasteiger partial charge >= 0.3 is 0 Å². The number of ether oxygens (including phenoxy) is 1. The van der Waals surface area contributed by atoms with Crippen molar-refractivity contribution in [1.82, 2.24) is 20.3 Å². The van der Waals surface area contributed by atoms with Gasteiger partial charge in [0.15, 0.2) is 0 Å². The molecule has 0 bridgehead atoms. The molecular weight excluding hydrogens is 302 g/mol. The van der Waals surface area contributed by atoms with Crippen molar-refractivity contribution >= 4 is 23.2 Å². The summed E-state index contributed by atoms with van der Waals surface area (Å²) in [7, 11) is 0. The molecule has 0 aliphatic carbocycles. The van der Waals surface area contributed by atoms with Gasteiger partial charge in [-0.25, -0.2) is 15.0 Å². The minimum Gasteiger partial charge on any atom is -0.474 e. The van der Waals surface area contributed by atoms with Gasteiger partial charge in [0.05, 0.1) is 5.02 Å². The van der Waals surface area contributed by atoms with Gasteiger partial charge in [0.2, 0.25) is 5.88 Å². The van der Waals surface area contributed by atoms with Crippen LogP contribution >= 0.6 is 11.6 Å². The lowest BCUT2D eigenvalue weighted by Gasteiger charge is -2.23. The van der Waals surface area contributed by atoms with Crippen LogP contribution in [0.5, 0.6) is 5.88 Å². The number of aryl methyl sites for hydroxylation is 1. The van der Waals surface area contributed by atoms with Crippen LogP contribution in [-0.4, -0.2) is 34.1 Å². The van der Waals surface area contributed by atoms with Gasteiger partial charge in [-0.2, -0.15) is 0 Å². The van der Waals surface area contributed by atoms with Crippen molar-refractivity contribution in [2.75, 3.05) is 18.4 Å². The van der Waals surface area contributed by atoms with Gasteiger partial charge in [0.1, 0.15) is 24.1 Å². The monoisotopic (exact) mass is 319 g/mol. The minimum absolute atomic E-state index is 0.208. The van der Waals surface area contributed by atoms with Crippen molar-refractivity contribution in [2.45, 2.75) is 25.9 Å². The van der Waals surface area contributed by atoms with E-state index in [1.165, 1.54) is 6.33 Å². The van der Waals surface area contributed by atoms with E-state index in [9.17, 15) is 0 Å². The van der Waals surface area contributed by atoms with Crippen molar-refractivity contribution in [3.05, 3.63) is 35.2 Å². The lowest BCUT2D eigenvalue weighted by atomic mass is 10.1. The second-order valence-electron chi connectivity index (χ2n) is 5.25. The highest BCUT2D eigenvalue weighted by Crippen LogP contribution is 2.22. The molecule has 0 spiro atoms. The fourth-order valence-corrected chi connectivity index (χ4v) is 2.56. The van der Waals surface area contributed by atoms with E-state index in [4.69, 9.17) is 16.3 Å². The Hall–Kier alpha value is -1.92. The predicted octanol–water partition coefficient (Wildman–Crippen LogP) is 2.71.